The maximum atomic E-state index is 11.2. The quantitative estimate of drug-likeness (QED) is 0.871. The Balaban J connectivity index is 2.09. The second-order valence-corrected chi connectivity index (χ2v) is 5.08. The fourth-order valence-corrected chi connectivity index (χ4v) is 2.08. The minimum Gasteiger partial charge on any atom is -0.481 e. The van der Waals surface area contributed by atoms with Gasteiger partial charge in [0.05, 0.1) is 12.0 Å². The molecule has 1 N–H and O–H groups in total. The van der Waals surface area contributed by atoms with Crippen LogP contribution in [0.15, 0.2) is 12.3 Å². The van der Waals surface area contributed by atoms with E-state index in [2.05, 4.69) is 9.97 Å². The summed E-state index contributed by atoms with van der Waals surface area (Å²) in [6.45, 7) is 5.48. The number of aromatic nitrogens is 2. The summed E-state index contributed by atoms with van der Waals surface area (Å²) in [7, 11) is 0. The number of anilines is 1. The summed E-state index contributed by atoms with van der Waals surface area (Å²) in [5.74, 6) is 0.308. The number of carboxylic acids is 1. The molecule has 0 aromatic carbocycles. The van der Waals surface area contributed by atoms with Crippen LogP contribution in [0.3, 0.4) is 0 Å². The Morgan fingerprint density at radius 1 is 1.63 bits per heavy atom. The van der Waals surface area contributed by atoms with Crippen LogP contribution in [0.4, 0.5) is 5.95 Å². The SMILES string of the molecule is CCCOc1ccnc(N2CCC(C)(C(=O)O)C2)n1. The highest BCUT2D eigenvalue weighted by molar-refractivity contribution is 5.76. The van der Waals surface area contributed by atoms with Gasteiger partial charge in [-0.3, -0.25) is 4.79 Å². The standard InChI is InChI=1S/C13H19N3O3/c1-3-8-19-10-4-6-14-12(15-10)16-7-5-13(2,9-16)11(17)18/h4,6H,3,5,7-9H2,1-2H3,(H,17,18). The summed E-state index contributed by atoms with van der Waals surface area (Å²) in [5.41, 5.74) is -0.719. The van der Waals surface area contributed by atoms with Crippen molar-refractivity contribution in [3.05, 3.63) is 12.3 Å². The van der Waals surface area contributed by atoms with Crippen molar-refractivity contribution in [2.45, 2.75) is 26.7 Å². The van der Waals surface area contributed by atoms with Gasteiger partial charge in [-0.05, 0) is 19.8 Å². The van der Waals surface area contributed by atoms with E-state index in [9.17, 15) is 9.90 Å². The molecule has 0 aliphatic carbocycles. The lowest BCUT2D eigenvalue weighted by molar-refractivity contribution is -0.146. The van der Waals surface area contributed by atoms with E-state index in [0.29, 0.717) is 37.9 Å². The van der Waals surface area contributed by atoms with Gasteiger partial charge in [-0.1, -0.05) is 6.92 Å². The molecular weight excluding hydrogens is 246 g/mol. The Labute approximate surface area is 112 Å². The van der Waals surface area contributed by atoms with E-state index in [1.54, 1.807) is 19.2 Å². The number of aliphatic carboxylic acids is 1. The lowest BCUT2D eigenvalue weighted by Gasteiger charge is -2.20. The second-order valence-electron chi connectivity index (χ2n) is 5.08. The Morgan fingerprint density at radius 2 is 2.42 bits per heavy atom. The Bertz CT molecular complexity index is 466. The molecule has 2 rings (SSSR count). The van der Waals surface area contributed by atoms with Gasteiger partial charge < -0.3 is 14.7 Å². The van der Waals surface area contributed by atoms with Crippen LogP contribution < -0.4 is 9.64 Å². The fourth-order valence-electron chi connectivity index (χ4n) is 2.08. The van der Waals surface area contributed by atoms with Crippen LogP contribution >= 0.6 is 0 Å². The Morgan fingerprint density at radius 3 is 3.05 bits per heavy atom. The molecule has 1 atom stereocenters. The van der Waals surface area contributed by atoms with Gasteiger partial charge in [0.1, 0.15) is 0 Å². The molecule has 1 fully saturated rings. The normalized spacial score (nSPS) is 22.5. The van der Waals surface area contributed by atoms with Crippen molar-refractivity contribution in [1.29, 1.82) is 0 Å². The molecule has 0 radical (unpaired) electrons. The van der Waals surface area contributed by atoms with Crippen LogP contribution in [0.1, 0.15) is 26.7 Å². The van der Waals surface area contributed by atoms with Gasteiger partial charge in [-0.25, -0.2) is 4.98 Å². The third-order valence-corrected chi connectivity index (χ3v) is 3.34. The fraction of sp³-hybridized carbons (Fsp3) is 0.615. The van der Waals surface area contributed by atoms with Gasteiger partial charge in [0.15, 0.2) is 0 Å². The molecule has 0 saturated carbocycles. The van der Waals surface area contributed by atoms with Crippen LogP contribution in [0.2, 0.25) is 0 Å². The smallest absolute Gasteiger partial charge is 0.311 e. The summed E-state index contributed by atoms with van der Waals surface area (Å²) in [6, 6.07) is 1.71. The van der Waals surface area contributed by atoms with Crippen LogP contribution in [-0.2, 0) is 4.79 Å². The van der Waals surface area contributed by atoms with E-state index in [1.165, 1.54) is 0 Å². The molecule has 0 bridgehead atoms. The van der Waals surface area contributed by atoms with Crippen LogP contribution in [0.5, 0.6) is 5.88 Å². The van der Waals surface area contributed by atoms with Gasteiger partial charge in [0.2, 0.25) is 11.8 Å². The predicted molar refractivity (Wildman–Crippen MR) is 70.4 cm³/mol. The topological polar surface area (TPSA) is 75.5 Å². The zero-order chi connectivity index (χ0) is 13.9. The molecule has 1 aliphatic rings. The second kappa shape index (κ2) is 5.42. The van der Waals surface area contributed by atoms with Crippen LogP contribution in [0, 0.1) is 5.41 Å². The highest BCUT2D eigenvalue weighted by Gasteiger charge is 2.41. The molecule has 19 heavy (non-hydrogen) atoms. The van der Waals surface area contributed by atoms with Crippen molar-refractivity contribution in [1.82, 2.24) is 9.97 Å². The number of rotatable bonds is 5. The summed E-state index contributed by atoms with van der Waals surface area (Å²) in [5, 5.41) is 9.22. The first kappa shape index (κ1) is 13.6. The molecule has 6 heteroatoms. The Kier molecular flexibility index (Phi) is 3.87. The third kappa shape index (κ3) is 2.94. The number of carboxylic acid groups (broad SMARTS) is 1. The van der Waals surface area contributed by atoms with Gasteiger partial charge in [0, 0.05) is 25.4 Å². The van der Waals surface area contributed by atoms with Crippen molar-refractivity contribution >= 4 is 11.9 Å². The summed E-state index contributed by atoms with van der Waals surface area (Å²) in [4.78, 5) is 21.6. The highest BCUT2D eigenvalue weighted by atomic mass is 16.5. The third-order valence-electron chi connectivity index (χ3n) is 3.34. The number of ether oxygens (including phenoxy) is 1. The van der Waals surface area contributed by atoms with Crippen molar-refractivity contribution in [2.75, 3.05) is 24.6 Å². The maximum absolute atomic E-state index is 11.2. The number of hydrogen-bond acceptors (Lipinski definition) is 5. The van der Waals surface area contributed by atoms with Gasteiger partial charge in [-0.15, -0.1) is 0 Å². The number of carbonyl (C=O) groups is 1. The summed E-state index contributed by atoms with van der Waals surface area (Å²) >= 11 is 0. The minimum absolute atomic E-state index is 0.430. The van der Waals surface area contributed by atoms with Crippen molar-refractivity contribution in [3.63, 3.8) is 0 Å². The van der Waals surface area contributed by atoms with Crippen molar-refractivity contribution in [2.24, 2.45) is 5.41 Å². The highest BCUT2D eigenvalue weighted by Crippen LogP contribution is 2.32. The lowest BCUT2D eigenvalue weighted by atomic mass is 9.90. The lowest BCUT2D eigenvalue weighted by Crippen LogP contribution is -2.32. The first-order valence-electron chi connectivity index (χ1n) is 6.49. The van der Waals surface area contributed by atoms with Crippen LogP contribution in [-0.4, -0.2) is 40.7 Å². The van der Waals surface area contributed by atoms with Gasteiger partial charge in [0.25, 0.3) is 0 Å². The molecule has 104 valence electrons. The molecule has 1 aromatic heterocycles. The molecule has 1 aliphatic heterocycles. The van der Waals surface area contributed by atoms with Crippen molar-refractivity contribution < 1.29 is 14.6 Å². The van der Waals surface area contributed by atoms with Crippen molar-refractivity contribution in [3.8, 4) is 5.88 Å². The summed E-state index contributed by atoms with van der Waals surface area (Å²) < 4.78 is 5.46. The van der Waals surface area contributed by atoms with E-state index < -0.39 is 11.4 Å². The summed E-state index contributed by atoms with van der Waals surface area (Å²) in [6.07, 6.45) is 3.16. The Hall–Kier alpha value is -1.85. The van der Waals surface area contributed by atoms with E-state index in [-0.39, 0.29) is 0 Å². The van der Waals surface area contributed by atoms with E-state index in [4.69, 9.17) is 4.74 Å². The van der Waals surface area contributed by atoms with Crippen LogP contribution in [0.25, 0.3) is 0 Å². The zero-order valence-corrected chi connectivity index (χ0v) is 11.3. The molecule has 0 amide bonds. The number of nitrogens with zero attached hydrogens (tertiary/aromatic N) is 3. The van der Waals surface area contributed by atoms with Gasteiger partial charge in [-0.2, -0.15) is 4.98 Å². The average molecular weight is 265 g/mol. The van der Waals surface area contributed by atoms with Gasteiger partial charge >= 0.3 is 5.97 Å². The van der Waals surface area contributed by atoms with E-state index in [0.717, 1.165) is 6.42 Å². The molecule has 2 heterocycles. The predicted octanol–water partition coefficient (Wildman–Crippen LogP) is 1.57. The molecule has 1 aromatic rings. The van der Waals surface area contributed by atoms with E-state index >= 15 is 0 Å². The number of hydrogen-bond donors (Lipinski definition) is 1. The molecule has 1 saturated heterocycles. The first-order valence-corrected chi connectivity index (χ1v) is 6.49. The molecule has 1 unspecified atom stereocenters. The minimum atomic E-state index is -0.770. The molecular formula is C13H19N3O3. The van der Waals surface area contributed by atoms with E-state index in [1.807, 2.05) is 11.8 Å². The molecule has 0 spiro atoms. The average Bonchev–Trinajstić information content (AvgIpc) is 2.81. The largest absolute Gasteiger partial charge is 0.481 e. The zero-order valence-electron chi connectivity index (χ0n) is 11.3. The monoisotopic (exact) mass is 265 g/mol. The first-order chi connectivity index (χ1) is 9.05. The maximum Gasteiger partial charge on any atom is 0.311 e. The molecule has 6 nitrogen and oxygen atoms in total.